The summed E-state index contributed by atoms with van der Waals surface area (Å²) in [7, 11) is 0. The predicted molar refractivity (Wildman–Crippen MR) is 108 cm³/mol. The number of nitro benzene ring substituents is 1. The smallest absolute Gasteiger partial charge is 0.338 e. The average Bonchev–Trinajstić information content (AvgIpc) is 2.71. The van der Waals surface area contributed by atoms with E-state index >= 15 is 0 Å². The number of fused-ring (bicyclic) bond motifs is 1. The molecule has 1 N–H and O–H groups in total. The van der Waals surface area contributed by atoms with Gasteiger partial charge < -0.3 is 10.1 Å². The summed E-state index contributed by atoms with van der Waals surface area (Å²) in [5.41, 5.74) is 3.25. The Kier molecular flexibility index (Phi) is 6.49. The lowest BCUT2D eigenvalue weighted by molar-refractivity contribution is -0.384. The summed E-state index contributed by atoms with van der Waals surface area (Å²) in [4.78, 5) is 34.5. The van der Waals surface area contributed by atoms with Crippen molar-refractivity contribution in [3.63, 3.8) is 0 Å². The van der Waals surface area contributed by atoms with Crippen LogP contribution in [0.25, 0.3) is 0 Å². The minimum Gasteiger partial charge on any atom is -0.452 e. The molecule has 0 bridgehead atoms. The first-order valence-electron chi connectivity index (χ1n) is 9.37. The maximum Gasteiger partial charge on any atom is 0.338 e. The first kappa shape index (κ1) is 20.8. The van der Waals surface area contributed by atoms with Gasteiger partial charge in [0.25, 0.3) is 11.6 Å². The average molecular weight is 417 g/mol. The summed E-state index contributed by atoms with van der Waals surface area (Å²) in [6.07, 6.45) is 4.53. The number of amides is 1. The molecule has 8 heteroatoms. The summed E-state index contributed by atoms with van der Waals surface area (Å²) in [5, 5.41) is 13.6. The zero-order chi connectivity index (χ0) is 21.0. The highest BCUT2D eigenvalue weighted by Gasteiger charge is 2.19. The molecule has 0 saturated heterocycles. The van der Waals surface area contributed by atoms with Crippen LogP contribution in [-0.4, -0.2) is 23.4 Å². The number of rotatable bonds is 6. The van der Waals surface area contributed by atoms with E-state index < -0.39 is 29.1 Å². The van der Waals surface area contributed by atoms with Gasteiger partial charge >= 0.3 is 5.97 Å². The van der Waals surface area contributed by atoms with Gasteiger partial charge in [0.1, 0.15) is 5.02 Å². The lowest BCUT2D eigenvalue weighted by Gasteiger charge is -2.20. The fourth-order valence-corrected chi connectivity index (χ4v) is 3.57. The normalized spacial score (nSPS) is 13.9. The van der Waals surface area contributed by atoms with Crippen molar-refractivity contribution in [1.82, 2.24) is 5.32 Å². The molecule has 0 aromatic heterocycles. The van der Waals surface area contributed by atoms with Gasteiger partial charge in [-0.15, -0.1) is 0 Å². The van der Waals surface area contributed by atoms with Gasteiger partial charge in [-0.05, 0) is 61.4 Å². The van der Waals surface area contributed by atoms with Crippen molar-refractivity contribution >= 4 is 29.2 Å². The van der Waals surface area contributed by atoms with Crippen molar-refractivity contribution in [3.8, 4) is 0 Å². The third kappa shape index (κ3) is 5.12. The number of carbonyl (C=O) groups is 2. The number of hydrogen-bond donors (Lipinski definition) is 1. The fourth-order valence-electron chi connectivity index (χ4n) is 3.38. The Bertz CT molecular complexity index is 960. The second-order valence-corrected chi connectivity index (χ2v) is 7.43. The van der Waals surface area contributed by atoms with E-state index in [9.17, 15) is 19.7 Å². The molecular weight excluding hydrogens is 396 g/mol. The van der Waals surface area contributed by atoms with Gasteiger partial charge in [0.2, 0.25) is 0 Å². The Morgan fingerprint density at radius 1 is 1.17 bits per heavy atom. The number of halogens is 1. The van der Waals surface area contributed by atoms with Crippen LogP contribution in [-0.2, 0) is 22.4 Å². The van der Waals surface area contributed by atoms with Crippen molar-refractivity contribution in [3.05, 3.63) is 73.8 Å². The molecule has 1 amide bonds. The fraction of sp³-hybridized carbons (Fsp3) is 0.333. The zero-order valence-electron chi connectivity index (χ0n) is 15.9. The van der Waals surface area contributed by atoms with Crippen LogP contribution in [0.3, 0.4) is 0 Å². The predicted octanol–water partition coefficient (Wildman–Crippen LogP) is 4.16. The molecule has 1 aliphatic carbocycles. The molecule has 152 valence electrons. The molecule has 1 aliphatic rings. The van der Waals surface area contributed by atoms with Crippen molar-refractivity contribution in [2.75, 3.05) is 6.61 Å². The molecule has 0 saturated carbocycles. The molecule has 0 radical (unpaired) electrons. The van der Waals surface area contributed by atoms with Gasteiger partial charge in [-0.1, -0.05) is 29.8 Å². The van der Waals surface area contributed by atoms with E-state index in [4.69, 9.17) is 16.3 Å². The van der Waals surface area contributed by atoms with E-state index in [2.05, 4.69) is 17.4 Å². The largest absolute Gasteiger partial charge is 0.452 e. The van der Waals surface area contributed by atoms with Gasteiger partial charge in [-0.25, -0.2) is 4.79 Å². The van der Waals surface area contributed by atoms with Crippen LogP contribution < -0.4 is 5.32 Å². The van der Waals surface area contributed by atoms with E-state index in [1.807, 2.05) is 13.0 Å². The number of nitrogens with one attached hydrogen (secondary N) is 1. The molecule has 0 heterocycles. The SMILES string of the molecule is C[C@@H](NC(=O)COC(=O)c1ccc(Cl)c([N+](=O)[O-])c1)c1ccc2c(c1)CCCC2. The summed E-state index contributed by atoms with van der Waals surface area (Å²) in [6, 6.07) is 9.59. The van der Waals surface area contributed by atoms with Crippen LogP contribution in [0.15, 0.2) is 36.4 Å². The maximum absolute atomic E-state index is 12.2. The number of hydrogen-bond acceptors (Lipinski definition) is 5. The molecule has 0 aliphatic heterocycles. The summed E-state index contributed by atoms with van der Waals surface area (Å²) < 4.78 is 4.98. The number of ether oxygens (including phenoxy) is 1. The lowest BCUT2D eigenvalue weighted by Crippen LogP contribution is -2.31. The molecule has 0 spiro atoms. The van der Waals surface area contributed by atoms with Gasteiger partial charge in [-0.2, -0.15) is 0 Å². The van der Waals surface area contributed by atoms with Crippen molar-refractivity contribution in [2.24, 2.45) is 0 Å². The first-order chi connectivity index (χ1) is 13.8. The molecule has 2 aromatic carbocycles. The number of aryl methyl sites for hydroxylation is 2. The van der Waals surface area contributed by atoms with Crippen LogP contribution in [0.1, 0.15) is 52.9 Å². The van der Waals surface area contributed by atoms with Crippen LogP contribution in [0.4, 0.5) is 5.69 Å². The Morgan fingerprint density at radius 2 is 1.90 bits per heavy atom. The highest BCUT2D eigenvalue weighted by molar-refractivity contribution is 6.32. The molecule has 2 aromatic rings. The highest BCUT2D eigenvalue weighted by atomic mass is 35.5. The second kappa shape index (κ2) is 9.05. The van der Waals surface area contributed by atoms with Gasteiger partial charge in [0.05, 0.1) is 16.5 Å². The van der Waals surface area contributed by atoms with E-state index in [1.54, 1.807) is 0 Å². The Morgan fingerprint density at radius 3 is 2.62 bits per heavy atom. The number of benzene rings is 2. The third-order valence-electron chi connectivity index (χ3n) is 4.96. The van der Waals surface area contributed by atoms with E-state index in [-0.39, 0.29) is 16.6 Å². The van der Waals surface area contributed by atoms with E-state index in [0.717, 1.165) is 24.5 Å². The molecule has 0 unspecified atom stereocenters. The van der Waals surface area contributed by atoms with Crippen molar-refractivity contribution in [2.45, 2.75) is 38.6 Å². The highest BCUT2D eigenvalue weighted by Crippen LogP contribution is 2.26. The van der Waals surface area contributed by atoms with Crippen LogP contribution in [0.2, 0.25) is 5.02 Å². The van der Waals surface area contributed by atoms with Gasteiger partial charge in [0.15, 0.2) is 6.61 Å². The first-order valence-corrected chi connectivity index (χ1v) is 9.75. The number of nitro groups is 1. The number of esters is 1. The molecule has 7 nitrogen and oxygen atoms in total. The zero-order valence-corrected chi connectivity index (χ0v) is 16.7. The molecular formula is C21H21ClN2O5. The second-order valence-electron chi connectivity index (χ2n) is 7.02. The topological polar surface area (TPSA) is 98.5 Å². The minimum atomic E-state index is -0.832. The van der Waals surface area contributed by atoms with Crippen LogP contribution in [0.5, 0.6) is 0 Å². The molecule has 3 rings (SSSR count). The lowest BCUT2D eigenvalue weighted by atomic mass is 9.89. The monoisotopic (exact) mass is 416 g/mol. The minimum absolute atomic E-state index is 0.0448. The standard InChI is InChI=1S/C21H21ClN2O5/c1-13(15-7-6-14-4-2-3-5-16(14)10-15)23-20(25)12-29-21(26)17-8-9-18(22)19(11-17)24(27)28/h6-11,13H,2-5,12H2,1H3,(H,23,25)/t13-/m1/s1. The maximum atomic E-state index is 12.2. The van der Waals surface area contributed by atoms with Gasteiger partial charge in [-0.3, -0.25) is 14.9 Å². The quantitative estimate of drug-likeness (QED) is 0.433. The van der Waals surface area contributed by atoms with Crippen molar-refractivity contribution in [1.29, 1.82) is 0 Å². The Balaban J connectivity index is 1.56. The van der Waals surface area contributed by atoms with Crippen LogP contribution >= 0.6 is 11.6 Å². The summed E-state index contributed by atoms with van der Waals surface area (Å²) in [5.74, 6) is -1.28. The third-order valence-corrected chi connectivity index (χ3v) is 5.28. The van der Waals surface area contributed by atoms with Gasteiger partial charge in [0, 0.05) is 6.07 Å². The summed E-state index contributed by atoms with van der Waals surface area (Å²) in [6.45, 7) is 1.39. The van der Waals surface area contributed by atoms with Crippen molar-refractivity contribution < 1.29 is 19.2 Å². The Hall–Kier alpha value is -2.93. The van der Waals surface area contributed by atoms with Crippen LogP contribution in [0, 0.1) is 10.1 Å². The number of carbonyl (C=O) groups excluding carboxylic acids is 2. The van der Waals surface area contributed by atoms with E-state index in [1.165, 1.54) is 36.1 Å². The molecule has 29 heavy (non-hydrogen) atoms. The molecule has 1 atom stereocenters. The van der Waals surface area contributed by atoms with E-state index in [0.29, 0.717) is 0 Å². The number of nitrogens with zero attached hydrogens (tertiary/aromatic N) is 1. The summed E-state index contributed by atoms with van der Waals surface area (Å²) >= 11 is 5.73. The molecule has 0 fully saturated rings. The Labute approximate surface area is 173 Å².